The summed E-state index contributed by atoms with van der Waals surface area (Å²) in [5.41, 5.74) is 2.18. The van der Waals surface area contributed by atoms with E-state index in [1.54, 1.807) is 6.20 Å². The smallest absolute Gasteiger partial charge is 0.221 e. The molecule has 0 bridgehead atoms. The van der Waals surface area contributed by atoms with Crippen molar-refractivity contribution in [3.63, 3.8) is 0 Å². The van der Waals surface area contributed by atoms with Gasteiger partial charge >= 0.3 is 0 Å². The van der Waals surface area contributed by atoms with Crippen molar-refractivity contribution in [3.05, 3.63) is 65.3 Å². The predicted molar refractivity (Wildman–Crippen MR) is 92.5 cm³/mol. The summed E-state index contributed by atoms with van der Waals surface area (Å²) in [6.07, 6.45) is 2.98. The van der Waals surface area contributed by atoms with Crippen molar-refractivity contribution >= 4 is 28.4 Å². The van der Waals surface area contributed by atoms with E-state index in [4.69, 9.17) is 11.6 Å². The first-order valence-electron chi connectivity index (χ1n) is 7.65. The van der Waals surface area contributed by atoms with Crippen LogP contribution in [-0.4, -0.2) is 22.2 Å². The van der Waals surface area contributed by atoms with E-state index in [-0.39, 0.29) is 5.91 Å². The van der Waals surface area contributed by atoms with Crippen LogP contribution in [0.15, 0.2) is 54.7 Å². The number of halogens is 1. The molecule has 0 saturated carbocycles. The molecule has 0 aliphatic heterocycles. The molecule has 5 heteroatoms. The van der Waals surface area contributed by atoms with Crippen LogP contribution < -0.4 is 5.32 Å². The van der Waals surface area contributed by atoms with Gasteiger partial charge in [-0.25, -0.2) is 0 Å². The average Bonchev–Trinajstić information content (AvgIpc) is 2.98. The van der Waals surface area contributed by atoms with E-state index < -0.39 is 0 Å². The van der Waals surface area contributed by atoms with Gasteiger partial charge in [-0.15, -0.1) is 0 Å². The Hall–Kier alpha value is -2.33. The standard InChI is InChI=1S/C18H18ClN3O/c19-16-7-4-8-17-15(16)13-21-22(17)12-10-18(23)20-11-9-14-5-2-1-3-6-14/h1-8,13H,9-12H2,(H,20,23). The number of aromatic nitrogens is 2. The monoisotopic (exact) mass is 327 g/mol. The number of hydrogen-bond acceptors (Lipinski definition) is 2. The minimum Gasteiger partial charge on any atom is -0.356 e. The molecule has 1 N–H and O–H groups in total. The Morgan fingerprint density at radius 3 is 2.78 bits per heavy atom. The molecule has 0 aliphatic rings. The van der Waals surface area contributed by atoms with Crippen LogP contribution in [0.4, 0.5) is 0 Å². The maximum atomic E-state index is 12.0. The SMILES string of the molecule is O=C(CCn1ncc2c(Cl)cccc21)NCCc1ccccc1. The van der Waals surface area contributed by atoms with E-state index in [2.05, 4.69) is 22.5 Å². The fourth-order valence-electron chi connectivity index (χ4n) is 2.53. The predicted octanol–water partition coefficient (Wildman–Crippen LogP) is 3.44. The molecule has 3 aromatic rings. The number of carbonyl (C=O) groups excluding carboxylic acids is 1. The number of aryl methyl sites for hydroxylation is 1. The third-order valence-corrected chi connectivity index (χ3v) is 4.09. The van der Waals surface area contributed by atoms with E-state index in [0.29, 0.717) is 24.5 Å². The second-order valence-corrected chi connectivity index (χ2v) is 5.78. The molecule has 0 spiro atoms. The quantitative estimate of drug-likeness (QED) is 0.754. The number of fused-ring (bicyclic) bond motifs is 1. The Balaban J connectivity index is 1.49. The highest BCUT2D eigenvalue weighted by Gasteiger charge is 2.07. The molecule has 2 aromatic carbocycles. The van der Waals surface area contributed by atoms with E-state index in [0.717, 1.165) is 17.3 Å². The van der Waals surface area contributed by atoms with Gasteiger partial charge in [-0.1, -0.05) is 48.0 Å². The molecule has 118 valence electrons. The van der Waals surface area contributed by atoms with Crippen LogP contribution >= 0.6 is 11.6 Å². The number of rotatable bonds is 6. The van der Waals surface area contributed by atoms with Crippen molar-refractivity contribution in [2.45, 2.75) is 19.4 Å². The fourth-order valence-corrected chi connectivity index (χ4v) is 2.75. The van der Waals surface area contributed by atoms with Crippen LogP contribution in [0.2, 0.25) is 5.02 Å². The van der Waals surface area contributed by atoms with Crippen molar-refractivity contribution in [1.82, 2.24) is 15.1 Å². The number of nitrogens with one attached hydrogen (secondary N) is 1. The average molecular weight is 328 g/mol. The van der Waals surface area contributed by atoms with Gasteiger partial charge in [-0.2, -0.15) is 5.10 Å². The Kier molecular flexibility index (Phi) is 4.93. The minimum absolute atomic E-state index is 0.0339. The minimum atomic E-state index is 0.0339. The second-order valence-electron chi connectivity index (χ2n) is 5.38. The van der Waals surface area contributed by atoms with Crippen molar-refractivity contribution in [2.24, 2.45) is 0 Å². The molecule has 0 aliphatic carbocycles. The van der Waals surface area contributed by atoms with Gasteiger partial charge in [0.15, 0.2) is 0 Å². The summed E-state index contributed by atoms with van der Waals surface area (Å²) in [6.45, 7) is 1.19. The van der Waals surface area contributed by atoms with Gasteiger partial charge in [0.2, 0.25) is 5.91 Å². The Morgan fingerprint density at radius 2 is 1.96 bits per heavy atom. The Labute approximate surface area is 140 Å². The molecule has 0 radical (unpaired) electrons. The first-order valence-corrected chi connectivity index (χ1v) is 8.02. The van der Waals surface area contributed by atoms with E-state index >= 15 is 0 Å². The lowest BCUT2D eigenvalue weighted by atomic mass is 10.1. The van der Waals surface area contributed by atoms with Gasteiger partial charge in [-0.3, -0.25) is 9.48 Å². The molecule has 0 fully saturated rings. The Morgan fingerprint density at radius 1 is 1.13 bits per heavy atom. The third-order valence-electron chi connectivity index (χ3n) is 3.76. The highest BCUT2D eigenvalue weighted by Crippen LogP contribution is 2.22. The van der Waals surface area contributed by atoms with Gasteiger partial charge in [0.05, 0.1) is 23.3 Å². The molecule has 4 nitrogen and oxygen atoms in total. The molecule has 0 unspecified atom stereocenters. The van der Waals surface area contributed by atoms with Gasteiger partial charge in [0.25, 0.3) is 0 Å². The molecule has 0 atom stereocenters. The first kappa shape index (κ1) is 15.6. The highest BCUT2D eigenvalue weighted by molar-refractivity contribution is 6.35. The molecule has 23 heavy (non-hydrogen) atoms. The lowest BCUT2D eigenvalue weighted by molar-refractivity contribution is -0.121. The second kappa shape index (κ2) is 7.29. The number of amides is 1. The van der Waals surface area contributed by atoms with Gasteiger partial charge in [-0.05, 0) is 24.1 Å². The van der Waals surface area contributed by atoms with Crippen LogP contribution in [0.25, 0.3) is 10.9 Å². The lowest BCUT2D eigenvalue weighted by Crippen LogP contribution is -2.26. The summed E-state index contributed by atoms with van der Waals surface area (Å²) in [6, 6.07) is 15.8. The third kappa shape index (κ3) is 3.90. The summed E-state index contributed by atoms with van der Waals surface area (Å²) in [5.74, 6) is 0.0339. The maximum absolute atomic E-state index is 12.0. The normalized spacial score (nSPS) is 10.8. The molecule has 3 rings (SSSR count). The van der Waals surface area contributed by atoms with E-state index in [1.807, 2.05) is 41.1 Å². The molecular formula is C18H18ClN3O. The summed E-state index contributed by atoms with van der Waals surface area (Å²) < 4.78 is 1.82. The van der Waals surface area contributed by atoms with E-state index in [1.165, 1.54) is 5.56 Å². The lowest BCUT2D eigenvalue weighted by Gasteiger charge is -2.06. The van der Waals surface area contributed by atoms with Crippen molar-refractivity contribution in [1.29, 1.82) is 0 Å². The van der Waals surface area contributed by atoms with Crippen LogP contribution in [-0.2, 0) is 17.8 Å². The molecule has 1 heterocycles. The van der Waals surface area contributed by atoms with Gasteiger partial charge in [0, 0.05) is 18.4 Å². The first-order chi connectivity index (χ1) is 11.2. The number of benzene rings is 2. The number of nitrogens with zero attached hydrogens (tertiary/aromatic N) is 2. The van der Waals surface area contributed by atoms with Gasteiger partial charge < -0.3 is 5.32 Å². The largest absolute Gasteiger partial charge is 0.356 e. The zero-order valence-corrected chi connectivity index (χ0v) is 13.5. The van der Waals surface area contributed by atoms with Crippen LogP contribution in [0.1, 0.15) is 12.0 Å². The van der Waals surface area contributed by atoms with Gasteiger partial charge in [0.1, 0.15) is 0 Å². The molecule has 1 aromatic heterocycles. The summed E-state index contributed by atoms with van der Waals surface area (Å²) in [5, 5.41) is 8.85. The van der Waals surface area contributed by atoms with Crippen molar-refractivity contribution in [2.75, 3.05) is 6.54 Å². The zero-order chi connectivity index (χ0) is 16.1. The van der Waals surface area contributed by atoms with Crippen molar-refractivity contribution in [3.8, 4) is 0 Å². The fraction of sp³-hybridized carbons (Fsp3) is 0.222. The Bertz CT molecular complexity index is 798. The maximum Gasteiger partial charge on any atom is 0.221 e. The van der Waals surface area contributed by atoms with Crippen LogP contribution in [0.3, 0.4) is 0 Å². The number of carbonyl (C=O) groups is 1. The van der Waals surface area contributed by atoms with Crippen molar-refractivity contribution < 1.29 is 4.79 Å². The summed E-state index contributed by atoms with van der Waals surface area (Å²) >= 11 is 6.13. The molecule has 1 amide bonds. The summed E-state index contributed by atoms with van der Waals surface area (Å²) in [4.78, 5) is 12.0. The number of hydrogen-bond donors (Lipinski definition) is 1. The highest BCUT2D eigenvalue weighted by atomic mass is 35.5. The van der Waals surface area contributed by atoms with Crippen LogP contribution in [0, 0.1) is 0 Å². The van der Waals surface area contributed by atoms with E-state index in [9.17, 15) is 4.79 Å². The topological polar surface area (TPSA) is 46.9 Å². The molecular weight excluding hydrogens is 310 g/mol. The molecule has 0 saturated heterocycles. The van der Waals surface area contributed by atoms with Crippen LogP contribution in [0.5, 0.6) is 0 Å². The zero-order valence-electron chi connectivity index (χ0n) is 12.7. The summed E-state index contributed by atoms with van der Waals surface area (Å²) in [7, 11) is 0.